The third kappa shape index (κ3) is 4.84. The number of carbonyl (C=O) groups is 1. The maximum absolute atomic E-state index is 13.1. The molecule has 1 saturated heterocycles. The van der Waals surface area contributed by atoms with Gasteiger partial charge in [0.1, 0.15) is 0 Å². The number of rotatable bonds is 5. The van der Waals surface area contributed by atoms with Crippen LogP contribution in [0.2, 0.25) is 5.02 Å². The Kier molecular flexibility index (Phi) is 6.44. The Morgan fingerprint density at radius 3 is 2.45 bits per heavy atom. The van der Waals surface area contributed by atoms with Gasteiger partial charge in [-0.25, -0.2) is 0 Å². The molecule has 0 unspecified atom stereocenters. The molecule has 3 aromatic rings. The lowest BCUT2D eigenvalue weighted by Crippen LogP contribution is -2.43. The van der Waals surface area contributed by atoms with Crippen molar-refractivity contribution in [3.05, 3.63) is 82.4 Å². The number of anilines is 4. The minimum absolute atomic E-state index is 0.152. The van der Waals surface area contributed by atoms with Crippen LogP contribution >= 0.6 is 11.6 Å². The highest BCUT2D eigenvalue weighted by Gasteiger charge is 2.15. The largest absolute Gasteiger partial charge is 0.369 e. The van der Waals surface area contributed by atoms with Crippen LogP contribution in [0.1, 0.15) is 21.5 Å². The third-order valence-corrected chi connectivity index (χ3v) is 6.06. The SMILES string of the molecule is Cc1cc(N2CCNCC2)ccc1NC(=O)c1ccccc1Nc1cccc(Cl)c1C. The highest BCUT2D eigenvalue weighted by molar-refractivity contribution is 6.31. The van der Waals surface area contributed by atoms with Gasteiger partial charge in [0.2, 0.25) is 0 Å². The second-order valence-electron chi connectivity index (χ2n) is 7.77. The van der Waals surface area contributed by atoms with E-state index in [9.17, 15) is 4.79 Å². The Morgan fingerprint density at radius 1 is 0.935 bits per heavy atom. The second-order valence-corrected chi connectivity index (χ2v) is 8.18. The predicted octanol–water partition coefficient (Wildman–Crippen LogP) is 5.36. The standard InChI is InChI=1S/C25H27ClN4O/c1-17-16-19(30-14-12-27-13-15-30)10-11-22(17)29-25(31)20-6-3-4-8-24(20)28-23-9-5-7-21(26)18(23)2/h3-11,16,27-28H,12-15H2,1-2H3,(H,29,31). The smallest absolute Gasteiger partial charge is 0.257 e. The maximum atomic E-state index is 13.1. The molecule has 0 saturated carbocycles. The van der Waals surface area contributed by atoms with Crippen molar-refractivity contribution in [2.45, 2.75) is 13.8 Å². The first-order valence-corrected chi connectivity index (χ1v) is 10.9. The Hall–Kier alpha value is -3.02. The number of halogens is 1. The molecule has 4 rings (SSSR count). The molecule has 1 aliphatic rings. The molecule has 1 aliphatic heterocycles. The summed E-state index contributed by atoms with van der Waals surface area (Å²) in [5.74, 6) is -0.152. The summed E-state index contributed by atoms with van der Waals surface area (Å²) in [4.78, 5) is 15.5. The molecule has 3 aromatic carbocycles. The van der Waals surface area contributed by atoms with Gasteiger partial charge in [-0.1, -0.05) is 29.8 Å². The van der Waals surface area contributed by atoms with Crippen molar-refractivity contribution < 1.29 is 4.79 Å². The van der Waals surface area contributed by atoms with Crippen LogP contribution in [0.5, 0.6) is 0 Å². The van der Waals surface area contributed by atoms with Gasteiger partial charge in [0.05, 0.1) is 11.3 Å². The number of nitrogens with zero attached hydrogens (tertiary/aromatic N) is 1. The minimum Gasteiger partial charge on any atom is -0.369 e. The lowest BCUT2D eigenvalue weighted by atomic mass is 10.1. The van der Waals surface area contributed by atoms with Crippen molar-refractivity contribution in [2.75, 3.05) is 41.7 Å². The van der Waals surface area contributed by atoms with Crippen molar-refractivity contribution in [3.8, 4) is 0 Å². The van der Waals surface area contributed by atoms with E-state index in [0.29, 0.717) is 10.6 Å². The number of hydrogen-bond acceptors (Lipinski definition) is 4. The molecule has 31 heavy (non-hydrogen) atoms. The van der Waals surface area contributed by atoms with E-state index >= 15 is 0 Å². The summed E-state index contributed by atoms with van der Waals surface area (Å²) in [6, 6.07) is 19.4. The van der Waals surface area contributed by atoms with Gasteiger partial charge in [0.15, 0.2) is 0 Å². The predicted molar refractivity (Wildman–Crippen MR) is 130 cm³/mol. The fourth-order valence-electron chi connectivity index (χ4n) is 3.78. The van der Waals surface area contributed by atoms with Gasteiger partial charge in [-0.2, -0.15) is 0 Å². The van der Waals surface area contributed by atoms with Gasteiger partial charge in [-0.3, -0.25) is 4.79 Å². The van der Waals surface area contributed by atoms with Crippen LogP contribution in [0.4, 0.5) is 22.7 Å². The number of amides is 1. The lowest BCUT2D eigenvalue weighted by Gasteiger charge is -2.30. The summed E-state index contributed by atoms with van der Waals surface area (Å²) in [7, 11) is 0. The van der Waals surface area contributed by atoms with Crippen molar-refractivity contribution in [3.63, 3.8) is 0 Å². The number of carbonyl (C=O) groups excluding carboxylic acids is 1. The van der Waals surface area contributed by atoms with Gasteiger partial charge in [-0.15, -0.1) is 0 Å². The molecule has 0 atom stereocenters. The van der Waals surface area contributed by atoms with Crippen molar-refractivity contribution in [1.29, 1.82) is 0 Å². The monoisotopic (exact) mass is 434 g/mol. The van der Waals surface area contributed by atoms with E-state index in [4.69, 9.17) is 11.6 Å². The van der Waals surface area contributed by atoms with E-state index < -0.39 is 0 Å². The Morgan fingerprint density at radius 2 is 1.68 bits per heavy atom. The first-order valence-electron chi connectivity index (χ1n) is 10.5. The molecule has 0 aromatic heterocycles. The van der Waals surface area contributed by atoms with Gasteiger partial charge >= 0.3 is 0 Å². The number of nitrogens with one attached hydrogen (secondary N) is 3. The van der Waals surface area contributed by atoms with Crippen LogP contribution in [-0.2, 0) is 0 Å². The van der Waals surface area contributed by atoms with Crippen molar-refractivity contribution in [1.82, 2.24) is 5.32 Å². The molecule has 0 spiro atoms. The fraction of sp³-hybridized carbons (Fsp3) is 0.240. The van der Waals surface area contributed by atoms with Crippen LogP contribution in [0.15, 0.2) is 60.7 Å². The summed E-state index contributed by atoms with van der Waals surface area (Å²) < 4.78 is 0. The highest BCUT2D eigenvalue weighted by Crippen LogP contribution is 2.29. The molecule has 0 bridgehead atoms. The quantitative estimate of drug-likeness (QED) is 0.505. The molecule has 1 fully saturated rings. The zero-order valence-corrected chi connectivity index (χ0v) is 18.6. The average Bonchev–Trinajstić information content (AvgIpc) is 2.79. The number of hydrogen-bond donors (Lipinski definition) is 3. The molecule has 6 heteroatoms. The zero-order valence-electron chi connectivity index (χ0n) is 17.8. The van der Waals surface area contributed by atoms with Crippen LogP contribution in [0.3, 0.4) is 0 Å². The van der Waals surface area contributed by atoms with Crippen molar-refractivity contribution in [2.24, 2.45) is 0 Å². The normalized spacial score (nSPS) is 13.7. The van der Waals surface area contributed by atoms with Crippen LogP contribution in [0.25, 0.3) is 0 Å². The van der Waals surface area contributed by atoms with E-state index in [1.165, 1.54) is 5.69 Å². The van der Waals surface area contributed by atoms with E-state index in [2.05, 4.69) is 33.0 Å². The first-order chi connectivity index (χ1) is 15.0. The van der Waals surface area contributed by atoms with E-state index in [1.54, 1.807) is 0 Å². The van der Waals surface area contributed by atoms with Gasteiger partial charge < -0.3 is 20.9 Å². The van der Waals surface area contributed by atoms with E-state index in [0.717, 1.165) is 54.4 Å². The van der Waals surface area contributed by atoms with E-state index in [-0.39, 0.29) is 5.91 Å². The Balaban J connectivity index is 1.53. The second kappa shape index (κ2) is 9.41. The number of aryl methyl sites for hydroxylation is 1. The van der Waals surface area contributed by atoms with Crippen LogP contribution < -0.4 is 20.9 Å². The van der Waals surface area contributed by atoms with Crippen LogP contribution in [0, 0.1) is 13.8 Å². The third-order valence-electron chi connectivity index (χ3n) is 5.65. The number of benzene rings is 3. The highest BCUT2D eigenvalue weighted by atomic mass is 35.5. The van der Waals surface area contributed by atoms with Crippen LogP contribution in [-0.4, -0.2) is 32.1 Å². The molecule has 5 nitrogen and oxygen atoms in total. The molecule has 3 N–H and O–H groups in total. The number of piperazine rings is 1. The van der Waals surface area contributed by atoms with E-state index in [1.807, 2.05) is 62.4 Å². The van der Waals surface area contributed by atoms with Gasteiger partial charge in [0.25, 0.3) is 5.91 Å². The van der Waals surface area contributed by atoms with Gasteiger partial charge in [-0.05, 0) is 67.4 Å². The molecule has 0 aliphatic carbocycles. The topological polar surface area (TPSA) is 56.4 Å². The first kappa shape index (κ1) is 21.2. The van der Waals surface area contributed by atoms with Crippen molar-refractivity contribution >= 4 is 40.3 Å². The molecule has 1 amide bonds. The minimum atomic E-state index is -0.152. The fourth-order valence-corrected chi connectivity index (χ4v) is 3.95. The molecule has 0 radical (unpaired) electrons. The van der Waals surface area contributed by atoms with Gasteiger partial charge in [0, 0.05) is 48.3 Å². The molecular formula is C25H27ClN4O. The molecule has 1 heterocycles. The Labute approximate surface area is 188 Å². The Bertz CT molecular complexity index is 1090. The maximum Gasteiger partial charge on any atom is 0.257 e. The summed E-state index contributed by atoms with van der Waals surface area (Å²) >= 11 is 6.25. The molecule has 160 valence electrons. The average molecular weight is 435 g/mol. The summed E-state index contributed by atoms with van der Waals surface area (Å²) in [6.07, 6.45) is 0. The number of para-hydroxylation sites is 1. The zero-order chi connectivity index (χ0) is 21.8. The summed E-state index contributed by atoms with van der Waals surface area (Å²) in [6.45, 7) is 7.96. The summed E-state index contributed by atoms with van der Waals surface area (Å²) in [5, 5.41) is 10.5. The molecular weight excluding hydrogens is 408 g/mol. The summed E-state index contributed by atoms with van der Waals surface area (Å²) in [5.41, 5.74) is 6.18. The lowest BCUT2D eigenvalue weighted by molar-refractivity contribution is 0.102.